The summed E-state index contributed by atoms with van der Waals surface area (Å²) < 4.78 is 44.7. The van der Waals surface area contributed by atoms with Crippen LogP contribution in [0.15, 0.2) is 65.0 Å². The van der Waals surface area contributed by atoms with Gasteiger partial charge in [0.1, 0.15) is 5.75 Å². The van der Waals surface area contributed by atoms with Crippen molar-refractivity contribution in [3.8, 4) is 11.5 Å². The minimum absolute atomic E-state index is 0.0281. The maximum Gasteiger partial charge on any atom is 0.416 e. The summed E-state index contributed by atoms with van der Waals surface area (Å²) in [5.74, 6) is -0.596. The van der Waals surface area contributed by atoms with Gasteiger partial charge in [0, 0.05) is 53.9 Å². The molecule has 0 atom stereocenters. The maximum atomic E-state index is 13.2. The van der Waals surface area contributed by atoms with E-state index in [4.69, 9.17) is 4.74 Å². The fraction of sp³-hybridized carbons (Fsp3) is 0.357. The van der Waals surface area contributed by atoms with Gasteiger partial charge in [-0.2, -0.15) is 13.2 Å². The van der Waals surface area contributed by atoms with Crippen molar-refractivity contribution in [1.29, 1.82) is 0 Å². The van der Waals surface area contributed by atoms with Crippen LogP contribution in [0.3, 0.4) is 0 Å². The highest BCUT2D eigenvalue weighted by molar-refractivity contribution is 6.06. The van der Waals surface area contributed by atoms with Crippen LogP contribution in [0.5, 0.6) is 11.5 Å². The standard InChI is InChI=1S/C28H25F3N2O5/c1-2-32-19-5-3-7-22(34)26(19)25(27-20(32)6-4-8-23(27)35)16-9-12-18(13-10-16)38-24-14-11-17(28(29,30)31)15-21(24)33(36)37/h9-15,25H,2-8H2,1H3. The monoisotopic (exact) mass is 526 g/mol. The third-order valence-electron chi connectivity index (χ3n) is 7.33. The fourth-order valence-electron chi connectivity index (χ4n) is 5.71. The molecule has 3 aliphatic rings. The third-order valence-corrected chi connectivity index (χ3v) is 7.33. The minimum Gasteiger partial charge on any atom is -0.450 e. The van der Waals surface area contributed by atoms with Crippen molar-refractivity contribution in [2.45, 2.75) is 57.5 Å². The summed E-state index contributed by atoms with van der Waals surface area (Å²) in [4.78, 5) is 39.0. The lowest BCUT2D eigenvalue weighted by atomic mass is 9.71. The van der Waals surface area contributed by atoms with Crippen molar-refractivity contribution in [3.63, 3.8) is 0 Å². The van der Waals surface area contributed by atoms with Gasteiger partial charge in [0.2, 0.25) is 5.75 Å². The number of nitrogens with zero attached hydrogens (tertiary/aromatic N) is 2. The van der Waals surface area contributed by atoms with Gasteiger partial charge in [-0.05, 0) is 62.4 Å². The van der Waals surface area contributed by atoms with Crippen molar-refractivity contribution in [1.82, 2.24) is 4.90 Å². The molecule has 2 aliphatic carbocycles. The summed E-state index contributed by atoms with van der Waals surface area (Å²) in [5, 5.41) is 11.4. The van der Waals surface area contributed by atoms with E-state index in [1.54, 1.807) is 24.3 Å². The molecule has 38 heavy (non-hydrogen) atoms. The largest absolute Gasteiger partial charge is 0.450 e. The van der Waals surface area contributed by atoms with Crippen molar-refractivity contribution in [2.75, 3.05) is 6.54 Å². The molecule has 1 heterocycles. The molecular weight excluding hydrogens is 501 g/mol. The normalized spacial score (nSPS) is 18.5. The van der Waals surface area contributed by atoms with Crippen LogP contribution in [-0.2, 0) is 15.8 Å². The first kappa shape index (κ1) is 25.7. The zero-order valence-electron chi connectivity index (χ0n) is 20.6. The van der Waals surface area contributed by atoms with E-state index in [-0.39, 0.29) is 23.1 Å². The lowest BCUT2D eigenvalue weighted by Gasteiger charge is -2.43. The highest BCUT2D eigenvalue weighted by atomic mass is 19.4. The number of rotatable bonds is 5. The predicted molar refractivity (Wildman–Crippen MR) is 132 cm³/mol. The Morgan fingerprint density at radius 3 is 2.03 bits per heavy atom. The molecule has 7 nitrogen and oxygen atoms in total. The Kier molecular flexibility index (Phi) is 6.58. The summed E-state index contributed by atoms with van der Waals surface area (Å²) in [6.07, 6.45) is -0.853. The molecule has 2 aromatic carbocycles. The van der Waals surface area contributed by atoms with Gasteiger partial charge in [-0.1, -0.05) is 12.1 Å². The number of ether oxygens (including phenoxy) is 1. The zero-order valence-corrected chi connectivity index (χ0v) is 20.6. The number of nitro groups is 1. The second kappa shape index (κ2) is 9.74. The Morgan fingerprint density at radius 2 is 1.53 bits per heavy atom. The van der Waals surface area contributed by atoms with Crippen molar-refractivity contribution < 1.29 is 32.4 Å². The SMILES string of the molecule is CCN1C2=C(C(=O)CCC2)C(c2ccc(Oc3ccc(C(F)(F)F)cc3[N+](=O)[O-])cc2)C2=C1CCCC2=O. The summed E-state index contributed by atoms with van der Waals surface area (Å²) in [6.45, 7) is 2.68. The van der Waals surface area contributed by atoms with Gasteiger partial charge in [0.15, 0.2) is 11.6 Å². The quantitative estimate of drug-likeness (QED) is 0.313. The summed E-state index contributed by atoms with van der Waals surface area (Å²) in [5.41, 5.74) is 2.03. The number of benzene rings is 2. The molecular formula is C28H25F3N2O5. The molecule has 0 aromatic heterocycles. The van der Waals surface area contributed by atoms with Gasteiger partial charge in [-0.3, -0.25) is 19.7 Å². The number of alkyl halides is 3. The second-order valence-electron chi connectivity index (χ2n) is 9.56. The molecule has 0 fully saturated rings. The van der Waals surface area contributed by atoms with Crippen LogP contribution in [0, 0.1) is 10.1 Å². The topological polar surface area (TPSA) is 89.8 Å². The van der Waals surface area contributed by atoms with E-state index in [0.29, 0.717) is 36.6 Å². The molecule has 0 N–H and O–H groups in total. The first-order valence-electron chi connectivity index (χ1n) is 12.5. The zero-order chi connectivity index (χ0) is 27.2. The molecule has 0 amide bonds. The Hall–Kier alpha value is -3.95. The average Bonchev–Trinajstić information content (AvgIpc) is 2.88. The second-order valence-corrected chi connectivity index (χ2v) is 9.56. The molecule has 0 saturated heterocycles. The molecule has 198 valence electrons. The van der Waals surface area contributed by atoms with Gasteiger partial charge in [0.25, 0.3) is 0 Å². The smallest absolute Gasteiger partial charge is 0.416 e. The highest BCUT2D eigenvalue weighted by Gasteiger charge is 2.42. The predicted octanol–water partition coefficient (Wildman–Crippen LogP) is 6.84. The Labute approximate surface area is 216 Å². The number of hydrogen-bond acceptors (Lipinski definition) is 6. The van der Waals surface area contributed by atoms with Gasteiger partial charge in [-0.25, -0.2) is 0 Å². The molecule has 0 saturated carbocycles. The van der Waals surface area contributed by atoms with E-state index >= 15 is 0 Å². The molecule has 10 heteroatoms. The van der Waals surface area contributed by atoms with Crippen molar-refractivity contribution >= 4 is 17.3 Å². The summed E-state index contributed by atoms with van der Waals surface area (Å²) >= 11 is 0. The number of nitro benzene ring substituents is 1. The van der Waals surface area contributed by atoms with Crippen LogP contribution >= 0.6 is 0 Å². The molecule has 5 rings (SSSR count). The molecule has 0 spiro atoms. The van der Waals surface area contributed by atoms with E-state index < -0.39 is 28.3 Å². The first-order chi connectivity index (χ1) is 18.1. The molecule has 2 aromatic rings. The molecule has 1 aliphatic heterocycles. The minimum atomic E-state index is -4.73. The van der Waals surface area contributed by atoms with Gasteiger partial charge < -0.3 is 9.64 Å². The van der Waals surface area contributed by atoms with Crippen LogP contribution in [0.2, 0.25) is 0 Å². The number of allylic oxidation sites excluding steroid dienone is 4. The maximum absolute atomic E-state index is 13.2. The van der Waals surface area contributed by atoms with E-state index in [0.717, 1.165) is 54.8 Å². The van der Waals surface area contributed by atoms with Crippen LogP contribution in [0.25, 0.3) is 0 Å². The van der Waals surface area contributed by atoms with Crippen LogP contribution in [-0.4, -0.2) is 27.9 Å². The van der Waals surface area contributed by atoms with E-state index in [1.165, 1.54) is 0 Å². The molecule has 0 radical (unpaired) electrons. The van der Waals surface area contributed by atoms with E-state index in [2.05, 4.69) is 4.90 Å². The number of Topliss-reactive ketones (excluding diaryl/α,β-unsaturated/α-hetero) is 2. The summed E-state index contributed by atoms with van der Waals surface area (Å²) in [7, 11) is 0. The number of carbonyl (C=O) groups is 2. The first-order valence-corrected chi connectivity index (χ1v) is 12.5. The van der Waals surface area contributed by atoms with Crippen LogP contribution in [0.4, 0.5) is 18.9 Å². The average molecular weight is 527 g/mol. The van der Waals surface area contributed by atoms with Crippen LogP contribution in [0.1, 0.15) is 62.5 Å². The fourth-order valence-corrected chi connectivity index (χ4v) is 5.71. The lowest BCUT2D eigenvalue weighted by Crippen LogP contribution is -2.39. The highest BCUT2D eigenvalue weighted by Crippen LogP contribution is 2.49. The number of hydrogen-bond donors (Lipinski definition) is 0. The Balaban J connectivity index is 1.52. The van der Waals surface area contributed by atoms with Crippen molar-refractivity contribution in [2.24, 2.45) is 0 Å². The molecule has 0 unspecified atom stereocenters. The third kappa shape index (κ3) is 4.48. The van der Waals surface area contributed by atoms with Crippen molar-refractivity contribution in [3.05, 3.63) is 86.2 Å². The summed E-state index contributed by atoms with van der Waals surface area (Å²) in [6, 6.07) is 8.59. The van der Waals surface area contributed by atoms with E-state index in [1.807, 2.05) is 6.92 Å². The van der Waals surface area contributed by atoms with Crippen LogP contribution < -0.4 is 4.74 Å². The molecule has 0 bridgehead atoms. The lowest BCUT2D eigenvalue weighted by molar-refractivity contribution is -0.385. The Bertz CT molecular complexity index is 1350. The Morgan fingerprint density at radius 1 is 0.947 bits per heavy atom. The van der Waals surface area contributed by atoms with Gasteiger partial charge >= 0.3 is 11.9 Å². The number of carbonyl (C=O) groups excluding carboxylic acids is 2. The number of ketones is 2. The van der Waals surface area contributed by atoms with Gasteiger partial charge in [0.05, 0.1) is 10.5 Å². The van der Waals surface area contributed by atoms with Gasteiger partial charge in [-0.15, -0.1) is 0 Å². The number of halogens is 3. The van der Waals surface area contributed by atoms with E-state index in [9.17, 15) is 32.9 Å².